The second-order valence-electron chi connectivity index (χ2n) is 4.92. The number of halogens is 1. The van der Waals surface area contributed by atoms with Crippen molar-refractivity contribution < 1.29 is 9.53 Å². The van der Waals surface area contributed by atoms with Crippen LogP contribution in [-0.4, -0.2) is 24.3 Å². The molecule has 1 heterocycles. The standard InChI is InChI=1S/C16H18ClN3O3/c1-11-8-14(23-2)10-15(21)20(11)7-6-18-16(22)19-13-5-3-4-12(17)9-13/h3-5,8-10H,6-7H2,1-2H3,(H2,18,19,22). The lowest BCUT2D eigenvalue weighted by Crippen LogP contribution is -2.34. The highest BCUT2D eigenvalue weighted by Crippen LogP contribution is 2.14. The average molecular weight is 336 g/mol. The minimum atomic E-state index is -0.355. The molecule has 0 saturated heterocycles. The molecule has 0 unspecified atom stereocenters. The maximum atomic E-state index is 12.0. The number of hydrogen-bond acceptors (Lipinski definition) is 3. The normalized spacial score (nSPS) is 10.2. The summed E-state index contributed by atoms with van der Waals surface area (Å²) in [5.41, 5.74) is 1.21. The van der Waals surface area contributed by atoms with Crippen molar-refractivity contribution in [1.29, 1.82) is 0 Å². The molecule has 23 heavy (non-hydrogen) atoms. The largest absolute Gasteiger partial charge is 0.496 e. The molecule has 0 aliphatic carbocycles. The number of rotatable bonds is 5. The Labute approximate surface area is 139 Å². The van der Waals surface area contributed by atoms with E-state index in [1.54, 1.807) is 34.9 Å². The first-order chi connectivity index (χ1) is 11.0. The van der Waals surface area contributed by atoms with E-state index >= 15 is 0 Å². The number of carbonyl (C=O) groups is 1. The molecule has 2 aromatic rings. The van der Waals surface area contributed by atoms with Crippen molar-refractivity contribution in [2.24, 2.45) is 0 Å². The highest BCUT2D eigenvalue weighted by molar-refractivity contribution is 6.30. The summed E-state index contributed by atoms with van der Waals surface area (Å²) in [6.07, 6.45) is 0. The fourth-order valence-corrected chi connectivity index (χ4v) is 2.32. The van der Waals surface area contributed by atoms with E-state index in [9.17, 15) is 9.59 Å². The van der Waals surface area contributed by atoms with Gasteiger partial charge in [-0.05, 0) is 31.2 Å². The van der Waals surface area contributed by atoms with Gasteiger partial charge in [-0.2, -0.15) is 0 Å². The van der Waals surface area contributed by atoms with E-state index in [4.69, 9.17) is 16.3 Å². The lowest BCUT2D eigenvalue weighted by atomic mass is 10.3. The number of aryl methyl sites for hydroxylation is 1. The minimum absolute atomic E-state index is 0.168. The first kappa shape index (κ1) is 16.9. The molecule has 0 atom stereocenters. The van der Waals surface area contributed by atoms with Crippen LogP contribution in [0.3, 0.4) is 0 Å². The number of benzene rings is 1. The number of methoxy groups -OCH3 is 1. The zero-order valence-corrected chi connectivity index (χ0v) is 13.7. The third-order valence-electron chi connectivity index (χ3n) is 3.25. The number of nitrogens with one attached hydrogen (secondary N) is 2. The van der Waals surface area contributed by atoms with Gasteiger partial charge in [0.25, 0.3) is 5.56 Å². The molecule has 0 saturated carbocycles. The Morgan fingerprint density at radius 2 is 2.09 bits per heavy atom. The van der Waals surface area contributed by atoms with E-state index < -0.39 is 0 Å². The Kier molecular flexibility index (Phi) is 5.65. The fourth-order valence-electron chi connectivity index (χ4n) is 2.13. The molecule has 0 spiro atoms. The molecule has 0 fully saturated rings. The van der Waals surface area contributed by atoms with Gasteiger partial charge in [0.05, 0.1) is 7.11 Å². The molecule has 2 N–H and O–H groups in total. The van der Waals surface area contributed by atoms with Gasteiger partial charge in [0.15, 0.2) is 0 Å². The van der Waals surface area contributed by atoms with Crippen molar-refractivity contribution in [1.82, 2.24) is 9.88 Å². The summed E-state index contributed by atoms with van der Waals surface area (Å²) in [5.74, 6) is 0.524. The molecule has 0 aliphatic heterocycles. The number of carbonyl (C=O) groups excluding carboxylic acids is 1. The van der Waals surface area contributed by atoms with E-state index in [0.29, 0.717) is 29.5 Å². The van der Waals surface area contributed by atoms with Gasteiger partial charge in [0.2, 0.25) is 0 Å². The average Bonchev–Trinajstić information content (AvgIpc) is 2.49. The molecule has 0 aliphatic rings. The molecule has 2 rings (SSSR count). The number of hydrogen-bond donors (Lipinski definition) is 2. The Bertz CT molecular complexity index is 758. The van der Waals surface area contributed by atoms with Crippen LogP contribution in [0.2, 0.25) is 5.02 Å². The summed E-state index contributed by atoms with van der Waals surface area (Å²) in [7, 11) is 1.51. The van der Waals surface area contributed by atoms with E-state index in [1.165, 1.54) is 13.2 Å². The lowest BCUT2D eigenvalue weighted by Gasteiger charge is -2.12. The summed E-state index contributed by atoms with van der Waals surface area (Å²) < 4.78 is 6.62. The minimum Gasteiger partial charge on any atom is -0.496 e. The molecule has 0 bridgehead atoms. The van der Waals surface area contributed by atoms with Gasteiger partial charge < -0.3 is 19.9 Å². The predicted octanol–water partition coefficient (Wildman–Crippen LogP) is 2.64. The Morgan fingerprint density at radius 3 is 2.74 bits per heavy atom. The molecule has 6 nitrogen and oxygen atoms in total. The molecule has 0 radical (unpaired) electrons. The summed E-state index contributed by atoms with van der Waals surface area (Å²) >= 11 is 5.85. The Morgan fingerprint density at radius 1 is 1.30 bits per heavy atom. The van der Waals surface area contributed by atoms with Crippen LogP contribution in [-0.2, 0) is 6.54 Å². The maximum Gasteiger partial charge on any atom is 0.319 e. The van der Waals surface area contributed by atoms with Gasteiger partial charge in [0.1, 0.15) is 5.75 Å². The van der Waals surface area contributed by atoms with Crippen LogP contribution < -0.4 is 20.9 Å². The summed E-state index contributed by atoms with van der Waals surface area (Å²) in [4.78, 5) is 23.8. The molecule has 7 heteroatoms. The smallest absolute Gasteiger partial charge is 0.319 e. The second-order valence-corrected chi connectivity index (χ2v) is 5.35. The topological polar surface area (TPSA) is 72.4 Å². The highest BCUT2D eigenvalue weighted by Gasteiger charge is 2.05. The van der Waals surface area contributed by atoms with Gasteiger partial charge in [-0.1, -0.05) is 17.7 Å². The molecule has 2 amide bonds. The van der Waals surface area contributed by atoms with Gasteiger partial charge in [-0.25, -0.2) is 4.79 Å². The van der Waals surface area contributed by atoms with Crippen molar-refractivity contribution in [3.63, 3.8) is 0 Å². The quantitative estimate of drug-likeness (QED) is 0.882. The van der Waals surface area contributed by atoms with Gasteiger partial charge in [0, 0.05) is 35.6 Å². The van der Waals surface area contributed by atoms with E-state index in [0.717, 1.165) is 5.69 Å². The van der Waals surface area contributed by atoms with Crippen molar-refractivity contribution in [3.05, 3.63) is 57.5 Å². The maximum absolute atomic E-state index is 12.0. The lowest BCUT2D eigenvalue weighted by molar-refractivity contribution is 0.251. The predicted molar refractivity (Wildman–Crippen MR) is 90.5 cm³/mol. The number of anilines is 1. The Balaban J connectivity index is 1.90. The van der Waals surface area contributed by atoms with Gasteiger partial charge >= 0.3 is 6.03 Å². The third-order valence-corrected chi connectivity index (χ3v) is 3.48. The first-order valence-electron chi connectivity index (χ1n) is 7.05. The van der Waals surface area contributed by atoms with Crippen LogP contribution in [0.1, 0.15) is 5.69 Å². The van der Waals surface area contributed by atoms with E-state index in [1.807, 2.05) is 6.92 Å². The van der Waals surface area contributed by atoms with Crippen LogP contribution in [0.4, 0.5) is 10.5 Å². The zero-order valence-electron chi connectivity index (χ0n) is 12.9. The number of pyridine rings is 1. The van der Waals surface area contributed by atoms with Crippen molar-refractivity contribution in [2.75, 3.05) is 19.0 Å². The van der Waals surface area contributed by atoms with Crippen LogP contribution in [0.5, 0.6) is 5.75 Å². The van der Waals surface area contributed by atoms with Crippen molar-refractivity contribution in [3.8, 4) is 5.75 Å². The number of aromatic nitrogens is 1. The van der Waals surface area contributed by atoms with Crippen LogP contribution >= 0.6 is 11.6 Å². The Hall–Kier alpha value is -2.47. The van der Waals surface area contributed by atoms with Gasteiger partial charge in [-0.15, -0.1) is 0 Å². The van der Waals surface area contributed by atoms with Crippen LogP contribution in [0.25, 0.3) is 0 Å². The van der Waals surface area contributed by atoms with Crippen molar-refractivity contribution >= 4 is 23.3 Å². The summed E-state index contributed by atoms with van der Waals surface area (Å²) in [6.45, 7) is 2.51. The number of nitrogens with zero attached hydrogens (tertiary/aromatic N) is 1. The monoisotopic (exact) mass is 335 g/mol. The summed E-state index contributed by atoms with van der Waals surface area (Å²) in [5, 5.41) is 5.92. The first-order valence-corrected chi connectivity index (χ1v) is 7.43. The second kappa shape index (κ2) is 7.69. The molecule has 1 aromatic heterocycles. The van der Waals surface area contributed by atoms with Crippen LogP contribution in [0, 0.1) is 6.92 Å². The van der Waals surface area contributed by atoms with E-state index in [-0.39, 0.29) is 11.6 Å². The van der Waals surface area contributed by atoms with Crippen molar-refractivity contribution in [2.45, 2.75) is 13.5 Å². The molecular weight excluding hydrogens is 318 g/mol. The molecule has 1 aromatic carbocycles. The van der Waals surface area contributed by atoms with Crippen LogP contribution in [0.15, 0.2) is 41.2 Å². The number of urea groups is 1. The zero-order chi connectivity index (χ0) is 16.8. The molecule has 122 valence electrons. The third kappa shape index (κ3) is 4.75. The summed E-state index contributed by atoms with van der Waals surface area (Å²) in [6, 6.07) is 9.70. The fraction of sp³-hybridized carbons (Fsp3) is 0.250. The van der Waals surface area contributed by atoms with E-state index in [2.05, 4.69) is 10.6 Å². The number of amides is 2. The SMILES string of the molecule is COc1cc(C)n(CCNC(=O)Nc2cccc(Cl)c2)c(=O)c1. The number of ether oxygens (including phenoxy) is 1. The van der Waals surface area contributed by atoms with Gasteiger partial charge in [-0.3, -0.25) is 4.79 Å². The highest BCUT2D eigenvalue weighted by atomic mass is 35.5. The molecular formula is C16H18ClN3O3.